The predicted octanol–water partition coefficient (Wildman–Crippen LogP) is 9.25. The molecule has 1 fully saturated rings. The summed E-state index contributed by atoms with van der Waals surface area (Å²) in [5, 5.41) is 13.2. The van der Waals surface area contributed by atoms with Gasteiger partial charge in [-0.1, -0.05) is 142 Å². The van der Waals surface area contributed by atoms with Gasteiger partial charge < -0.3 is 29.4 Å². The number of carbonyl (C=O) groups is 2. The SMILES string of the molecule is CCCCCCCCCCCCCCCCOCC(COP(=O)(O)OCC[N+](C)(C)C)NC(=O)CCCCCCN1C(=O)CCC1/C=C/C(O)CCCCC. The number of likely N-dealkylation sites (tertiary alicyclic amines) is 1. The summed E-state index contributed by atoms with van der Waals surface area (Å²) in [7, 11) is 1.63. The van der Waals surface area contributed by atoms with E-state index in [2.05, 4.69) is 19.2 Å². The van der Waals surface area contributed by atoms with Gasteiger partial charge in [-0.3, -0.25) is 18.6 Å². The zero-order valence-corrected chi connectivity index (χ0v) is 36.9. The maximum Gasteiger partial charge on any atom is 0.472 e. The fourth-order valence-electron chi connectivity index (χ4n) is 6.83. The first kappa shape index (κ1) is 51.7. The van der Waals surface area contributed by atoms with Gasteiger partial charge in [0, 0.05) is 26.0 Å². The summed E-state index contributed by atoms with van der Waals surface area (Å²) in [5.41, 5.74) is 0. The van der Waals surface area contributed by atoms with Crippen LogP contribution in [0.25, 0.3) is 0 Å². The van der Waals surface area contributed by atoms with Gasteiger partial charge >= 0.3 is 7.82 Å². The molecule has 2 amide bonds. The maximum atomic E-state index is 12.9. The molecule has 1 heterocycles. The lowest BCUT2D eigenvalue weighted by molar-refractivity contribution is -0.870. The third-order valence-electron chi connectivity index (χ3n) is 10.4. The van der Waals surface area contributed by atoms with E-state index in [1.807, 2.05) is 38.2 Å². The minimum Gasteiger partial charge on any atom is -0.389 e. The van der Waals surface area contributed by atoms with Crippen LogP contribution in [-0.4, -0.2) is 110 Å². The first-order valence-corrected chi connectivity index (χ1v) is 23.8. The van der Waals surface area contributed by atoms with Crippen LogP contribution in [0.2, 0.25) is 0 Å². The van der Waals surface area contributed by atoms with Crippen LogP contribution >= 0.6 is 7.82 Å². The van der Waals surface area contributed by atoms with E-state index in [9.17, 15) is 24.2 Å². The van der Waals surface area contributed by atoms with Crippen molar-refractivity contribution < 1.29 is 42.4 Å². The van der Waals surface area contributed by atoms with Crippen LogP contribution in [0.15, 0.2) is 12.2 Å². The molecule has 324 valence electrons. The van der Waals surface area contributed by atoms with Crippen LogP contribution in [-0.2, 0) is 27.9 Å². The largest absolute Gasteiger partial charge is 0.472 e. The van der Waals surface area contributed by atoms with Crippen molar-refractivity contribution in [1.82, 2.24) is 10.2 Å². The molecule has 12 heteroatoms. The number of rotatable bonds is 38. The number of phosphoric acid groups is 1. The van der Waals surface area contributed by atoms with Crippen LogP contribution in [0.4, 0.5) is 0 Å². The Morgan fingerprint density at radius 3 is 2.00 bits per heavy atom. The summed E-state index contributed by atoms with van der Waals surface area (Å²) in [6, 6.07) is -0.523. The van der Waals surface area contributed by atoms with E-state index < -0.39 is 20.0 Å². The number of aliphatic hydroxyl groups is 1. The van der Waals surface area contributed by atoms with Crippen molar-refractivity contribution >= 4 is 19.6 Å². The lowest BCUT2D eigenvalue weighted by Gasteiger charge is -2.24. The van der Waals surface area contributed by atoms with Crippen LogP contribution in [0.5, 0.6) is 0 Å². The summed E-state index contributed by atoms with van der Waals surface area (Å²) in [6.07, 6.45) is 30.4. The molecule has 0 aromatic carbocycles. The molecule has 55 heavy (non-hydrogen) atoms. The number of hydrogen-bond donors (Lipinski definition) is 3. The quantitative estimate of drug-likeness (QED) is 0.0244. The summed E-state index contributed by atoms with van der Waals surface area (Å²) in [5.74, 6) is 0.0188. The monoisotopic (exact) mass is 803 g/mol. The minimum atomic E-state index is -4.28. The Kier molecular flexibility index (Phi) is 30.6. The molecular weight excluding hydrogens is 717 g/mol. The molecule has 0 aromatic heterocycles. The average Bonchev–Trinajstić information content (AvgIpc) is 3.48. The molecular formula is C43H85N3O8P+. The molecule has 0 bridgehead atoms. The number of carbonyl (C=O) groups excluding carboxylic acids is 2. The molecule has 0 aliphatic carbocycles. The molecule has 3 N–H and O–H groups in total. The smallest absolute Gasteiger partial charge is 0.389 e. The van der Waals surface area contributed by atoms with Crippen molar-refractivity contribution in [2.45, 2.75) is 193 Å². The van der Waals surface area contributed by atoms with Gasteiger partial charge in [0.05, 0.1) is 52.5 Å². The number of ether oxygens (including phenoxy) is 1. The lowest BCUT2D eigenvalue weighted by Crippen LogP contribution is -2.41. The molecule has 4 atom stereocenters. The normalized spacial score (nSPS) is 17.3. The number of nitrogens with one attached hydrogen (secondary N) is 1. The van der Waals surface area contributed by atoms with E-state index in [0.29, 0.717) is 43.4 Å². The third-order valence-corrected chi connectivity index (χ3v) is 11.4. The minimum absolute atomic E-state index is 0.0483. The molecule has 1 saturated heterocycles. The van der Waals surface area contributed by atoms with Crippen molar-refractivity contribution in [3.63, 3.8) is 0 Å². The Labute approximate surface area is 336 Å². The first-order valence-electron chi connectivity index (χ1n) is 22.3. The average molecular weight is 803 g/mol. The van der Waals surface area contributed by atoms with Crippen molar-refractivity contribution in [2.75, 3.05) is 60.7 Å². The first-order chi connectivity index (χ1) is 26.4. The van der Waals surface area contributed by atoms with Gasteiger partial charge in [0.1, 0.15) is 13.2 Å². The van der Waals surface area contributed by atoms with Gasteiger partial charge in [-0.05, 0) is 32.1 Å². The van der Waals surface area contributed by atoms with Gasteiger partial charge in [-0.15, -0.1) is 0 Å². The Morgan fingerprint density at radius 2 is 1.38 bits per heavy atom. The van der Waals surface area contributed by atoms with E-state index in [1.54, 1.807) is 0 Å². The van der Waals surface area contributed by atoms with Crippen molar-refractivity contribution in [1.29, 1.82) is 0 Å². The van der Waals surface area contributed by atoms with E-state index in [-0.39, 0.29) is 37.7 Å². The number of aliphatic hydroxyl groups excluding tert-OH is 1. The molecule has 1 rings (SSSR count). The molecule has 11 nitrogen and oxygen atoms in total. The molecule has 4 unspecified atom stereocenters. The summed E-state index contributed by atoms with van der Waals surface area (Å²) < 4.78 is 29.5. The predicted molar refractivity (Wildman–Crippen MR) is 225 cm³/mol. The standard InChI is InChI=1S/C43H84N3O8P/c1-6-8-10-11-12-13-14-15-16-17-18-19-22-26-35-52-37-39(38-54-55(50,51)53-36-34-46(3,4)5)44-42(48)28-24-20-21-25-33-45-40(30-32-43(45)49)29-31-41(47)27-23-9-7-2/h29,31,39-41,47H,6-28,30,32-38H2,1-5H3,(H-,44,48,50,51)/p+1/b31-29+. The Balaban J connectivity index is 2.38. The molecule has 0 radical (unpaired) electrons. The van der Waals surface area contributed by atoms with Crippen LogP contribution < -0.4 is 5.32 Å². The highest BCUT2D eigenvalue weighted by molar-refractivity contribution is 7.47. The number of amides is 2. The highest BCUT2D eigenvalue weighted by Gasteiger charge is 2.29. The number of nitrogens with zero attached hydrogens (tertiary/aromatic N) is 2. The summed E-state index contributed by atoms with van der Waals surface area (Å²) in [6.45, 7) is 6.29. The zero-order chi connectivity index (χ0) is 40.6. The summed E-state index contributed by atoms with van der Waals surface area (Å²) in [4.78, 5) is 37.6. The van der Waals surface area contributed by atoms with Gasteiger partial charge in [-0.25, -0.2) is 4.57 Å². The van der Waals surface area contributed by atoms with Gasteiger partial charge in [0.2, 0.25) is 11.8 Å². The molecule has 0 aromatic rings. The van der Waals surface area contributed by atoms with Gasteiger partial charge in [0.25, 0.3) is 0 Å². The Bertz CT molecular complexity index is 1040. The molecule has 0 spiro atoms. The second-order valence-corrected chi connectivity index (χ2v) is 18.3. The van der Waals surface area contributed by atoms with Crippen LogP contribution in [0.1, 0.15) is 174 Å². The van der Waals surface area contributed by atoms with Crippen molar-refractivity contribution in [3.05, 3.63) is 12.2 Å². The molecule has 1 aliphatic rings. The number of hydrogen-bond acceptors (Lipinski definition) is 7. The van der Waals surface area contributed by atoms with Crippen molar-refractivity contribution in [2.24, 2.45) is 0 Å². The van der Waals surface area contributed by atoms with E-state index in [4.69, 9.17) is 13.8 Å². The van der Waals surface area contributed by atoms with E-state index in [0.717, 1.165) is 64.2 Å². The number of phosphoric ester groups is 1. The fraction of sp³-hybridized carbons (Fsp3) is 0.907. The maximum absolute atomic E-state index is 12.9. The highest BCUT2D eigenvalue weighted by atomic mass is 31.2. The fourth-order valence-corrected chi connectivity index (χ4v) is 7.59. The van der Waals surface area contributed by atoms with Crippen LogP contribution in [0, 0.1) is 0 Å². The Morgan fingerprint density at radius 1 is 0.818 bits per heavy atom. The number of likely N-dealkylation sites (N-methyl/N-ethyl adjacent to an activating group) is 1. The van der Waals surface area contributed by atoms with E-state index in [1.165, 1.54) is 77.0 Å². The van der Waals surface area contributed by atoms with E-state index >= 15 is 0 Å². The summed E-state index contributed by atoms with van der Waals surface area (Å²) >= 11 is 0. The van der Waals surface area contributed by atoms with Gasteiger partial charge in [-0.2, -0.15) is 0 Å². The molecule has 1 aliphatic heterocycles. The second kappa shape index (κ2) is 32.6. The molecule has 0 saturated carbocycles. The van der Waals surface area contributed by atoms with Crippen molar-refractivity contribution in [3.8, 4) is 0 Å². The van der Waals surface area contributed by atoms with Crippen LogP contribution in [0.3, 0.4) is 0 Å². The number of unbranched alkanes of at least 4 members (excludes halogenated alkanes) is 18. The third kappa shape index (κ3) is 30.4. The Hall–Kier alpha value is -1.33. The lowest BCUT2D eigenvalue weighted by atomic mass is 10.0. The topological polar surface area (TPSA) is 135 Å². The number of quaternary nitrogens is 1. The van der Waals surface area contributed by atoms with Gasteiger partial charge in [0.15, 0.2) is 0 Å². The highest BCUT2D eigenvalue weighted by Crippen LogP contribution is 2.43. The zero-order valence-electron chi connectivity index (χ0n) is 36.0. The second-order valence-electron chi connectivity index (χ2n) is 16.9.